The predicted octanol–water partition coefficient (Wildman–Crippen LogP) is 3.83. The van der Waals surface area contributed by atoms with Crippen molar-refractivity contribution in [2.24, 2.45) is 11.3 Å². The average molecular weight is 236 g/mol. The van der Waals surface area contributed by atoms with Crippen LogP contribution in [-0.2, 0) is 0 Å². The van der Waals surface area contributed by atoms with Gasteiger partial charge in [0.2, 0.25) is 0 Å². The van der Waals surface area contributed by atoms with Crippen LogP contribution in [0.1, 0.15) is 59.8 Å². The number of likely N-dealkylation sites (tertiary alicyclic amines) is 1. The summed E-state index contributed by atoms with van der Waals surface area (Å²) in [6.07, 6.45) is 6.19. The largest absolute Gasteiger partial charge is 0.300 e. The number of piperidine rings is 1. The zero-order chi connectivity index (χ0) is 12.9. The van der Waals surface area contributed by atoms with Crippen molar-refractivity contribution in [3.05, 3.63) is 0 Å². The van der Waals surface area contributed by atoms with E-state index in [-0.39, 0.29) is 5.41 Å². The maximum atomic E-state index is 8.96. The van der Waals surface area contributed by atoms with E-state index < -0.39 is 0 Å². The van der Waals surface area contributed by atoms with Crippen molar-refractivity contribution in [2.75, 3.05) is 13.1 Å². The molecule has 17 heavy (non-hydrogen) atoms. The Bertz CT molecular complexity index is 265. The van der Waals surface area contributed by atoms with Crippen LogP contribution >= 0.6 is 0 Å². The van der Waals surface area contributed by atoms with E-state index in [1.807, 2.05) is 13.8 Å². The molecule has 0 aromatic rings. The fourth-order valence-electron chi connectivity index (χ4n) is 2.67. The Morgan fingerprint density at radius 3 is 2.65 bits per heavy atom. The molecule has 2 unspecified atom stereocenters. The number of nitriles is 1. The van der Waals surface area contributed by atoms with Crippen LogP contribution in [0.5, 0.6) is 0 Å². The van der Waals surface area contributed by atoms with Crippen LogP contribution in [0.25, 0.3) is 0 Å². The molecule has 1 fully saturated rings. The molecular weight excluding hydrogens is 208 g/mol. The summed E-state index contributed by atoms with van der Waals surface area (Å²) in [5.41, 5.74) is -0.138. The van der Waals surface area contributed by atoms with Gasteiger partial charge in [-0.3, -0.25) is 0 Å². The summed E-state index contributed by atoms with van der Waals surface area (Å²) in [4.78, 5) is 2.63. The number of nitrogens with zero attached hydrogens (tertiary/aromatic N) is 2. The minimum atomic E-state index is -0.138. The Kier molecular flexibility index (Phi) is 5.46. The van der Waals surface area contributed by atoms with Crippen LogP contribution < -0.4 is 0 Å². The number of rotatable bonds is 5. The highest BCUT2D eigenvalue weighted by atomic mass is 15.2. The lowest BCUT2D eigenvalue weighted by Crippen LogP contribution is -2.42. The first-order valence-electron chi connectivity index (χ1n) is 7.11. The number of hydrogen-bond acceptors (Lipinski definition) is 2. The van der Waals surface area contributed by atoms with Crippen molar-refractivity contribution < 1.29 is 0 Å². The van der Waals surface area contributed by atoms with E-state index in [4.69, 9.17) is 5.26 Å². The molecule has 0 spiro atoms. The van der Waals surface area contributed by atoms with Gasteiger partial charge < -0.3 is 4.90 Å². The van der Waals surface area contributed by atoms with Gasteiger partial charge in [0.25, 0.3) is 0 Å². The molecule has 0 radical (unpaired) electrons. The van der Waals surface area contributed by atoms with Crippen LogP contribution in [0.3, 0.4) is 0 Å². The third-order valence-corrected chi connectivity index (χ3v) is 4.30. The molecule has 98 valence electrons. The highest BCUT2D eigenvalue weighted by Gasteiger charge is 2.24. The van der Waals surface area contributed by atoms with Crippen LogP contribution in [0.2, 0.25) is 0 Å². The van der Waals surface area contributed by atoms with Gasteiger partial charge in [-0.25, -0.2) is 0 Å². The van der Waals surface area contributed by atoms with Gasteiger partial charge in [-0.1, -0.05) is 13.3 Å². The number of unbranched alkanes of at least 4 members (excludes halogenated alkanes) is 1. The van der Waals surface area contributed by atoms with Crippen LogP contribution in [0, 0.1) is 22.7 Å². The van der Waals surface area contributed by atoms with Gasteiger partial charge in [-0.15, -0.1) is 0 Å². The van der Waals surface area contributed by atoms with Gasteiger partial charge in [-0.2, -0.15) is 5.26 Å². The predicted molar refractivity (Wildman–Crippen MR) is 72.7 cm³/mol. The van der Waals surface area contributed by atoms with Crippen molar-refractivity contribution >= 4 is 0 Å². The molecule has 1 heterocycles. The molecule has 0 aliphatic carbocycles. The second-order valence-electron chi connectivity index (χ2n) is 6.35. The molecule has 0 N–H and O–H groups in total. The van der Waals surface area contributed by atoms with Crippen molar-refractivity contribution in [3.8, 4) is 6.07 Å². The Morgan fingerprint density at radius 2 is 2.00 bits per heavy atom. The maximum absolute atomic E-state index is 8.96. The van der Waals surface area contributed by atoms with E-state index in [2.05, 4.69) is 24.8 Å². The molecule has 1 aliphatic rings. The summed E-state index contributed by atoms with van der Waals surface area (Å²) in [7, 11) is 0. The van der Waals surface area contributed by atoms with Gasteiger partial charge in [-0.05, 0) is 65.5 Å². The molecule has 0 bridgehead atoms. The fraction of sp³-hybridized carbons (Fsp3) is 0.933. The highest BCUT2D eigenvalue weighted by molar-refractivity contribution is 4.91. The Hall–Kier alpha value is -0.550. The molecule has 0 aromatic heterocycles. The SMILES string of the molecule is CC1CCCN(CCCCC(C)(C)C#N)C1C. The van der Waals surface area contributed by atoms with Crippen molar-refractivity contribution in [1.82, 2.24) is 4.90 Å². The molecular formula is C15H28N2. The topological polar surface area (TPSA) is 27.0 Å². The molecule has 2 heteroatoms. The van der Waals surface area contributed by atoms with Crippen LogP contribution in [0.15, 0.2) is 0 Å². The molecule has 1 saturated heterocycles. The maximum Gasteiger partial charge on any atom is 0.0683 e. The third kappa shape index (κ3) is 4.68. The lowest BCUT2D eigenvalue weighted by Gasteiger charge is -2.38. The zero-order valence-corrected chi connectivity index (χ0v) is 12.0. The van der Waals surface area contributed by atoms with Gasteiger partial charge in [0.15, 0.2) is 0 Å². The standard InChI is InChI=1S/C15H28N2/c1-13-8-7-11-17(14(13)2)10-6-5-9-15(3,4)12-16/h13-14H,5-11H2,1-4H3. The first-order valence-corrected chi connectivity index (χ1v) is 7.11. The molecule has 0 amide bonds. The summed E-state index contributed by atoms with van der Waals surface area (Å²) in [6.45, 7) is 11.3. The molecule has 1 rings (SSSR count). The van der Waals surface area contributed by atoms with Crippen molar-refractivity contribution in [1.29, 1.82) is 5.26 Å². The van der Waals surface area contributed by atoms with Crippen molar-refractivity contribution in [2.45, 2.75) is 65.8 Å². The van der Waals surface area contributed by atoms with E-state index in [1.165, 1.54) is 38.8 Å². The lowest BCUT2D eigenvalue weighted by atomic mass is 9.88. The summed E-state index contributed by atoms with van der Waals surface area (Å²) >= 11 is 0. The van der Waals surface area contributed by atoms with Crippen LogP contribution in [0.4, 0.5) is 0 Å². The summed E-state index contributed by atoms with van der Waals surface area (Å²) in [5.74, 6) is 0.847. The second-order valence-corrected chi connectivity index (χ2v) is 6.35. The minimum Gasteiger partial charge on any atom is -0.300 e. The van der Waals surface area contributed by atoms with E-state index in [9.17, 15) is 0 Å². The highest BCUT2D eigenvalue weighted by Crippen LogP contribution is 2.25. The average Bonchev–Trinajstić information content (AvgIpc) is 2.30. The minimum absolute atomic E-state index is 0.138. The monoisotopic (exact) mass is 236 g/mol. The number of hydrogen-bond donors (Lipinski definition) is 0. The van der Waals surface area contributed by atoms with Gasteiger partial charge in [0, 0.05) is 6.04 Å². The van der Waals surface area contributed by atoms with Crippen molar-refractivity contribution in [3.63, 3.8) is 0 Å². The van der Waals surface area contributed by atoms with E-state index in [1.54, 1.807) is 0 Å². The quantitative estimate of drug-likeness (QED) is 0.678. The smallest absolute Gasteiger partial charge is 0.0683 e. The lowest BCUT2D eigenvalue weighted by molar-refractivity contribution is 0.111. The van der Waals surface area contributed by atoms with Crippen LogP contribution in [-0.4, -0.2) is 24.0 Å². The Morgan fingerprint density at radius 1 is 1.29 bits per heavy atom. The summed E-state index contributed by atoms with van der Waals surface area (Å²) < 4.78 is 0. The Labute approximate surface area is 107 Å². The van der Waals surface area contributed by atoms with Gasteiger partial charge in [0.05, 0.1) is 11.5 Å². The third-order valence-electron chi connectivity index (χ3n) is 4.30. The van der Waals surface area contributed by atoms with Gasteiger partial charge >= 0.3 is 0 Å². The first-order chi connectivity index (χ1) is 7.96. The van der Waals surface area contributed by atoms with Gasteiger partial charge in [0.1, 0.15) is 0 Å². The molecule has 0 saturated carbocycles. The normalized spacial score (nSPS) is 26.8. The molecule has 2 nitrogen and oxygen atoms in total. The molecule has 0 aromatic carbocycles. The molecule has 1 aliphatic heterocycles. The fourth-order valence-corrected chi connectivity index (χ4v) is 2.67. The zero-order valence-electron chi connectivity index (χ0n) is 12.0. The Balaban J connectivity index is 2.21. The summed E-state index contributed by atoms with van der Waals surface area (Å²) in [5, 5.41) is 8.96. The molecule has 2 atom stereocenters. The first kappa shape index (κ1) is 14.5. The van der Waals surface area contributed by atoms with E-state index in [0.29, 0.717) is 0 Å². The van der Waals surface area contributed by atoms with E-state index in [0.717, 1.165) is 18.4 Å². The second kappa shape index (κ2) is 6.40. The summed E-state index contributed by atoms with van der Waals surface area (Å²) in [6, 6.07) is 3.13. The van der Waals surface area contributed by atoms with E-state index >= 15 is 0 Å².